The van der Waals surface area contributed by atoms with Gasteiger partial charge in [0.25, 0.3) is 5.56 Å². The maximum Gasteiger partial charge on any atom is 0.423 e. The lowest BCUT2D eigenvalue weighted by atomic mass is 9.93. The molecule has 0 spiro atoms. The fourth-order valence-electron chi connectivity index (χ4n) is 3.65. The van der Waals surface area contributed by atoms with E-state index in [1.54, 1.807) is 5.10 Å². The molecule has 3 N–H and O–H groups in total. The smallest absolute Gasteiger partial charge is 0.378 e. The summed E-state index contributed by atoms with van der Waals surface area (Å²) in [6, 6.07) is -0.655. The van der Waals surface area contributed by atoms with Gasteiger partial charge in [0.2, 0.25) is 11.9 Å². The molecule has 1 saturated heterocycles. The van der Waals surface area contributed by atoms with Crippen molar-refractivity contribution in [1.82, 2.24) is 25.6 Å². The fraction of sp³-hybridized carbons (Fsp3) is 0.524. The van der Waals surface area contributed by atoms with Crippen molar-refractivity contribution in [3.05, 3.63) is 40.1 Å². The molecule has 2 aromatic rings. The largest absolute Gasteiger partial charge is 0.423 e. The number of ketones is 1. The van der Waals surface area contributed by atoms with E-state index in [1.165, 1.54) is 26.2 Å². The van der Waals surface area contributed by atoms with Crippen LogP contribution in [0.5, 0.6) is 0 Å². The Bertz CT molecular complexity index is 1080. The number of carbonyl (C=O) groups is 2. The summed E-state index contributed by atoms with van der Waals surface area (Å²) in [5.74, 6) is 0.212. The van der Waals surface area contributed by atoms with Gasteiger partial charge in [-0.2, -0.15) is 18.3 Å². The maximum atomic E-state index is 13.1. The number of nitrogens with one attached hydrogen (secondary N) is 3. The number of halogens is 3. The number of rotatable bonds is 9. The minimum atomic E-state index is -4.85. The van der Waals surface area contributed by atoms with E-state index in [9.17, 15) is 27.6 Å². The van der Waals surface area contributed by atoms with Crippen LogP contribution in [0.3, 0.4) is 0 Å². The Morgan fingerprint density at radius 3 is 2.49 bits per heavy atom. The quantitative estimate of drug-likeness (QED) is 0.350. The van der Waals surface area contributed by atoms with Gasteiger partial charge in [-0.1, -0.05) is 0 Å². The molecule has 1 aliphatic heterocycles. The Kier molecular flexibility index (Phi) is 8.38. The molecule has 1 atom stereocenters. The maximum absolute atomic E-state index is 13.1. The summed E-state index contributed by atoms with van der Waals surface area (Å²) >= 11 is 0. The summed E-state index contributed by atoms with van der Waals surface area (Å²) in [5, 5.41) is 7.67. The molecule has 0 bridgehead atoms. The van der Waals surface area contributed by atoms with Gasteiger partial charge < -0.3 is 10.2 Å². The van der Waals surface area contributed by atoms with Crippen LogP contribution < -0.4 is 21.3 Å². The Balaban J connectivity index is 1.39. The number of hydrogen-bond donors (Lipinski definition) is 3. The number of alkyl halides is 3. The standard InChI is InChI=1S/C21H26F3N7O4/c1-12(28-16-10-27-29-19(34)18(16)21(22,23)24)11-35-30-17(33)7-14-3-5-31(6-4-14)20-25-8-15(9-26-20)13(2)32/h8-10,12,14H,3-7,11H2,1-2H3,(H,30,33)(H2,28,29,34)/t12-/m0/s1. The van der Waals surface area contributed by atoms with E-state index >= 15 is 0 Å². The number of nitrogens with zero attached hydrogens (tertiary/aromatic N) is 4. The summed E-state index contributed by atoms with van der Waals surface area (Å²) in [6.45, 7) is 4.16. The number of Topliss-reactive ketones (excluding diaryl/α,β-unsaturated/α-hetero) is 1. The zero-order chi connectivity index (χ0) is 25.6. The van der Waals surface area contributed by atoms with Crippen LogP contribution in [0, 0.1) is 5.92 Å². The number of anilines is 2. The van der Waals surface area contributed by atoms with E-state index in [-0.39, 0.29) is 30.6 Å². The molecule has 14 heteroatoms. The van der Waals surface area contributed by atoms with Gasteiger partial charge in [-0.15, -0.1) is 0 Å². The molecule has 0 aromatic carbocycles. The molecular formula is C21H26F3N7O4. The molecule has 190 valence electrons. The van der Waals surface area contributed by atoms with Crippen LogP contribution >= 0.6 is 0 Å². The molecule has 11 nitrogen and oxygen atoms in total. The number of H-pyrrole nitrogens is 1. The molecule has 3 rings (SSSR count). The molecule has 0 saturated carbocycles. The average molecular weight is 497 g/mol. The van der Waals surface area contributed by atoms with Crippen molar-refractivity contribution in [1.29, 1.82) is 0 Å². The normalized spacial score (nSPS) is 15.5. The summed E-state index contributed by atoms with van der Waals surface area (Å²) in [7, 11) is 0. The van der Waals surface area contributed by atoms with Crippen LogP contribution in [-0.4, -0.2) is 57.6 Å². The third kappa shape index (κ3) is 7.21. The lowest BCUT2D eigenvalue weighted by Gasteiger charge is -2.31. The second kappa shape index (κ2) is 11.3. The monoisotopic (exact) mass is 497 g/mol. The highest BCUT2D eigenvalue weighted by atomic mass is 19.4. The molecule has 3 heterocycles. The number of aromatic amines is 1. The van der Waals surface area contributed by atoms with Gasteiger partial charge in [-0.25, -0.2) is 20.5 Å². The second-order valence-electron chi connectivity index (χ2n) is 8.33. The highest BCUT2D eigenvalue weighted by Gasteiger charge is 2.37. The van der Waals surface area contributed by atoms with Crippen LogP contribution in [0.25, 0.3) is 0 Å². The molecule has 1 aliphatic rings. The lowest BCUT2D eigenvalue weighted by Crippen LogP contribution is -2.37. The first kappa shape index (κ1) is 26.1. The number of carbonyl (C=O) groups excluding carboxylic acids is 2. The Labute approximate surface area is 198 Å². The summed E-state index contributed by atoms with van der Waals surface area (Å²) < 4.78 is 39.3. The summed E-state index contributed by atoms with van der Waals surface area (Å²) in [4.78, 5) is 50.6. The Hall–Kier alpha value is -3.55. The van der Waals surface area contributed by atoms with E-state index in [4.69, 9.17) is 4.84 Å². The van der Waals surface area contributed by atoms with Gasteiger partial charge in [0.05, 0.1) is 24.1 Å². The van der Waals surface area contributed by atoms with Gasteiger partial charge >= 0.3 is 6.18 Å². The van der Waals surface area contributed by atoms with E-state index in [0.717, 1.165) is 19.0 Å². The van der Waals surface area contributed by atoms with Gasteiger partial charge in [-0.3, -0.25) is 19.2 Å². The molecule has 1 amide bonds. The van der Waals surface area contributed by atoms with E-state index in [2.05, 4.69) is 25.9 Å². The van der Waals surface area contributed by atoms with Gasteiger partial charge in [0, 0.05) is 37.9 Å². The fourth-order valence-corrected chi connectivity index (χ4v) is 3.65. The van der Waals surface area contributed by atoms with Crippen LogP contribution in [0.2, 0.25) is 0 Å². The zero-order valence-electron chi connectivity index (χ0n) is 19.2. The molecule has 2 aromatic heterocycles. The summed E-state index contributed by atoms with van der Waals surface area (Å²) in [6.07, 6.45) is 0.705. The SMILES string of the molecule is CC(=O)c1cnc(N2CCC(CC(=O)NOC[C@H](C)Nc3cn[nH]c(=O)c3C(F)(F)F)CC2)nc1. The van der Waals surface area contributed by atoms with Crippen LogP contribution in [0.1, 0.15) is 49.0 Å². The van der Waals surface area contributed by atoms with Crippen LogP contribution in [-0.2, 0) is 15.8 Å². The third-order valence-corrected chi connectivity index (χ3v) is 5.48. The molecule has 1 fully saturated rings. The van der Waals surface area contributed by atoms with Gasteiger partial charge in [0.15, 0.2) is 5.78 Å². The van der Waals surface area contributed by atoms with E-state index in [1.807, 2.05) is 4.90 Å². The lowest BCUT2D eigenvalue weighted by molar-refractivity contribution is -0.138. The predicted molar refractivity (Wildman–Crippen MR) is 119 cm³/mol. The number of hydroxylamine groups is 1. The number of hydrogen-bond acceptors (Lipinski definition) is 9. The van der Waals surface area contributed by atoms with E-state index < -0.39 is 29.0 Å². The molecule has 0 unspecified atom stereocenters. The van der Waals surface area contributed by atoms with Crippen molar-refractivity contribution < 1.29 is 27.6 Å². The first-order valence-electron chi connectivity index (χ1n) is 10.9. The number of aromatic nitrogens is 4. The van der Waals surface area contributed by atoms with Crippen LogP contribution in [0.15, 0.2) is 23.4 Å². The molecule has 0 radical (unpaired) electrons. The van der Waals surface area contributed by atoms with Crippen molar-refractivity contribution in [3.8, 4) is 0 Å². The van der Waals surface area contributed by atoms with Crippen molar-refractivity contribution in [2.45, 2.75) is 45.3 Å². The third-order valence-electron chi connectivity index (χ3n) is 5.48. The van der Waals surface area contributed by atoms with Crippen LogP contribution in [0.4, 0.5) is 24.8 Å². The topological polar surface area (TPSA) is 142 Å². The Morgan fingerprint density at radius 2 is 1.89 bits per heavy atom. The zero-order valence-corrected chi connectivity index (χ0v) is 19.2. The number of amides is 1. The average Bonchev–Trinajstić information content (AvgIpc) is 2.79. The van der Waals surface area contributed by atoms with E-state index in [0.29, 0.717) is 24.6 Å². The van der Waals surface area contributed by atoms with Crippen molar-refractivity contribution in [3.63, 3.8) is 0 Å². The first-order valence-corrected chi connectivity index (χ1v) is 10.9. The number of piperidine rings is 1. The molecular weight excluding hydrogens is 471 g/mol. The van der Waals surface area contributed by atoms with Gasteiger partial charge in [-0.05, 0) is 32.6 Å². The Morgan fingerprint density at radius 1 is 1.23 bits per heavy atom. The van der Waals surface area contributed by atoms with Gasteiger partial charge in [0.1, 0.15) is 5.56 Å². The molecule has 35 heavy (non-hydrogen) atoms. The minimum absolute atomic E-state index is 0.105. The van der Waals surface area contributed by atoms with Crippen molar-refractivity contribution >= 4 is 23.3 Å². The summed E-state index contributed by atoms with van der Waals surface area (Å²) in [5.41, 5.74) is -0.457. The second-order valence-corrected chi connectivity index (χ2v) is 8.33. The first-order chi connectivity index (χ1) is 16.5. The highest BCUT2D eigenvalue weighted by molar-refractivity contribution is 5.93. The van der Waals surface area contributed by atoms with Crippen molar-refractivity contribution in [2.75, 3.05) is 29.9 Å². The minimum Gasteiger partial charge on any atom is -0.378 e. The predicted octanol–water partition coefficient (Wildman–Crippen LogP) is 1.94. The highest BCUT2D eigenvalue weighted by Crippen LogP contribution is 2.31. The van der Waals surface area contributed by atoms with Crippen molar-refractivity contribution in [2.24, 2.45) is 5.92 Å². The molecule has 0 aliphatic carbocycles.